The number of nitro groups is 1. The van der Waals surface area contributed by atoms with Crippen LogP contribution >= 0.6 is 0 Å². The van der Waals surface area contributed by atoms with Gasteiger partial charge in [0.25, 0.3) is 5.69 Å². The molecule has 1 heterocycles. The summed E-state index contributed by atoms with van der Waals surface area (Å²) in [5.41, 5.74) is 0.852. The number of benzene rings is 1. The second-order valence-corrected chi connectivity index (χ2v) is 3.80. The van der Waals surface area contributed by atoms with E-state index in [1.165, 1.54) is 12.1 Å². The number of hydrogen-bond donors (Lipinski definition) is 0. The first-order chi connectivity index (χ1) is 7.58. The largest absolute Gasteiger partial charge is 0.472 e. The van der Waals surface area contributed by atoms with Gasteiger partial charge in [0, 0.05) is 17.7 Å². The zero-order chi connectivity index (χ0) is 11.7. The van der Waals surface area contributed by atoms with Crippen molar-refractivity contribution in [2.24, 2.45) is 4.99 Å². The smallest absolute Gasteiger partial charge is 0.269 e. The van der Waals surface area contributed by atoms with Gasteiger partial charge in [0.2, 0.25) is 5.90 Å². The third-order valence-electron chi connectivity index (χ3n) is 2.62. The predicted octanol–water partition coefficient (Wildman–Crippen LogP) is 2.15. The standard InChI is InChI=1S/C11H12N2O3/c1-7-8(2)16-11(12-7)9-3-5-10(6-4-9)13(14)15/h3-8H,1-2H3/t7-,8+/m1/s1. The van der Waals surface area contributed by atoms with E-state index in [-0.39, 0.29) is 17.8 Å². The summed E-state index contributed by atoms with van der Waals surface area (Å²) in [6.07, 6.45) is 0.0604. The van der Waals surface area contributed by atoms with E-state index in [2.05, 4.69) is 4.99 Å². The minimum Gasteiger partial charge on any atom is -0.472 e. The molecule has 1 aromatic carbocycles. The van der Waals surface area contributed by atoms with Crippen LogP contribution in [0.4, 0.5) is 5.69 Å². The molecular weight excluding hydrogens is 208 g/mol. The van der Waals surface area contributed by atoms with Gasteiger partial charge in [0.05, 0.1) is 11.0 Å². The molecular formula is C11H12N2O3. The first kappa shape index (κ1) is 10.6. The molecule has 5 nitrogen and oxygen atoms in total. The molecule has 0 saturated carbocycles. The zero-order valence-electron chi connectivity index (χ0n) is 9.08. The van der Waals surface area contributed by atoms with Gasteiger partial charge in [0.15, 0.2) is 0 Å². The molecule has 0 unspecified atom stereocenters. The summed E-state index contributed by atoms with van der Waals surface area (Å²) in [5, 5.41) is 10.5. The van der Waals surface area contributed by atoms with Gasteiger partial charge in [-0.2, -0.15) is 0 Å². The van der Waals surface area contributed by atoms with Crippen molar-refractivity contribution in [3.63, 3.8) is 0 Å². The number of hydrogen-bond acceptors (Lipinski definition) is 4. The van der Waals surface area contributed by atoms with Crippen LogP contribution in [0.25, 0.3) is 0 Å². The van der Waals surface area contributed by atoms with Crippen molar-refractivity contribution in [3.8, 4) is 0 Å². The number of nitrogens with zero attached hydrogens (tertiary/aromatic N) is 2. The van der Waals surface area contributed by atoms with Crippen molar-refractivity contribution in [2.75, 3.05) is 0 Å². The van der Waals surface area contributed by atoms with Gasteiger partial charge in [0.1, 0.15) is 6.10 Å². The van der Waals surface area contributed by atoms with Crippen LogP contribution < -0.4 is 0 Å². The summed E-state index contributed by atoms with van der Waals surface area (Å²) < 4.78 is 5.54. The molecule has 0 saturated heterocycles. The van der Waals surface area contributed by atoms with Crippen LogP contribution in [0.2, 0.25) is 0 Å². The second-order valence-electron chi connectivity index (χ2n) is 3.80. The molecule has 2 atom stereocenters. The molecule has 1 aromatic rings. The summed E-state index contributed by atoms with van der Waals surface area (Å²) in [6.45, 7) is 3.93. The quantitative estimate of drug-likeness (QED) is 0.566. The molecule has 0 aliphatic carbocycles. The maximum atomic E-state index is 10.5. The monoisotopic (exact) mass is 220 g/mol. The molecule has 0 fully saturated rings. The van der Waals surface area contributed by atoms with E-state index < -0.39 is 4.92 Å². The number of nitro benzene ring substituents is 1. The summed E-state index contributed by atoms with van der Waals surface area (Å²) in [5.74, 6) is 0.565. The molecule has 0 spiro atoms. The van der Waals surface area contributed by atoms with Crippen LogP contribution in [0.1, 0.15) is 19.4 Å². The first-order valence-electron chi connectivity index (χ1n) is 5.07. The first-order valence-corrected chi connectivity index (χ1v) is 5.07. The highest BCUT2D eigenvalue weighted by Gasteiger charge is 2.24. The van der Waals surface area contributed by atoms with Gasteiger partial charge in [-0.05, 0) is 26.0 Å². The van der Waals surface area contributed by atoms with Crippen LogP contribution in [0.15, 0.2) is 29.3 Å². The fourth-order valence-corrected chi connectivity index (χ4v) is 1.46. The van der Waals surface area contributed by atoms with E-state index in [1.807, 2.05) is 13.8 Å². The van der Waals surface area contributed by atoms with E-state index in [1.54, 1.807) is 12.1 Å². The van der Waals surface area contributed by atoms with Crippen molar-refractivity contribution in [1.29, 1.82) is 0 Å². The average molecular weight is 220 g/mol. The Morgan fingerprint density at radius 1 is 1.31 bits per heavy atom. The number of ether oxygens (including phenoxy) is 1. The van der Waals surface area contributed by atoms with Gasteiger partial charge in [-0.25, -0.2) is 4.99 Å². The molecule has 1 aliphatic rings. The highest BCUT2D eigenvalue weighted by Crippen LogP contribution is 2.19. The highest BCUT2D eigenvalue weighted by atomic mass is 16.6. The Balaban J connectivity index is 2.23. The van der Waals surface area contributed by atoms with Crippen LogP contribution in [-0.2, 0) is 4.74 Å². The van der Waals surface area contributed by atoms with E-state index in [4.69, 9.17) is 4.74 Å². The maximum absolute atomic E-state index is 10.5. The molecule has 0 radical (unpaired) electrons. The Kier molecular flexibility index (Phi) is 2.60. The lowest BCUT2D eigenvalue weighted by Gasteiger charge is -2.07. The van der Waals surface area contributed by atoms with Crippen LogP contribution in [0.5, 0.6) is 0 Å². The second kappa shape index (κ2) is 3.92. The van der Waals surface area contributed by atoms with Gasteiger partial charge in [-0.1, -0.05) is 0 Å². The number of rotatable bonds is 2. The molecule has 0 aromatic heterocycles. The van der Waals surface area contributed by atoms with Crippen molar-refractivity contribution < 1.29 is 9.66 Å². The normalized spacial score (nSPS) is 23.8. The Labute approximate surface area is 92.9 Å². The fraction of sp³-hybridized carbons (Fsp3) is 0.364. The lowest BCUT2D eigenvalue weighted by atomic mass is 10.2. The Hall–Kier alpha value is -1.91. The Morgan fingerprint density at radius 3 is 2.38 bits per heavy atom. The maximum Gasteiger partial charge on any atom is 0.269 e. The molecule has 5 heteroatoms. The van der Waals surface area contributed by atoms with Crippen LogP contribution in [-0.4, -0.2) is 23.0 Å². The van der Waals surface area contributed by atoms with E-state index >= 15 is 0 Å². The average Bonchev–Trinajstić information content (AvgIpc) is 2.59. The van der Waals surface area contributed by atoms with Gasteiger partial charge < -0.3 is 4.74 Å². The van der Waals surface area contributed by atoms with Crippen molar-refractivity contribution in [2.45, 2.75) is 26.0 Å². The van der Waals surface area contributed by atoms with Crippen molar-refractivity contribution in [3.05, 3.63) is 39.9 Å². The van der Waals surface area contributed by atoms with E-state index in [0.29, 0.717) is 5.90 Å². The number of non-ortho nitro benzene ring substituents is 1. The predicted molar refractivity (Wildman–Crippen MR) is 59.6 cm³/mol. The summed E-state index contributed by atoms with van der Waals surface area (Å²) in [6, 6.07) is 6.35. The SMILES string of the molecule is C[C@@H]1OC(c2ccc([N+](=O)[O-])cc2)=N[C@@H]1C. The third kappa shape index (κ3) is 1.88. The minimum absolute atomic E-state index is 0.0604. The molecule has 0 N–H and O–H groups in total. The summed E-state index contributed by atoms with van der Waals surface area (Å²) >= 11 is 0. The summed E-state index contributed by atoms with van der Waals surface area (Å²) in [7, 11) is 0. The molecule has 1 aliphatic heterocycles. The molecule has 0 bridgehead atoms. The minimum atomic E-state index is -0.424. The van der Waals surface area contributed by atoms with Gasteiger partial charge in [-0.3, -0.25) is 10.1 Å². The zero-order valence-corrected chi connectivity index (χ0v) is 9.08. The molecule has 2 rings (SSSR count). The highest BCUT2D eigenvalue weighted by molar-refractivity contribution is 5.95. The van der Waals surface area contributed by atoms with Crippen LogP contribution in [0, 0.1) is 10.1 Å². The van der Waals surface area contributed by atoms with Crippen molar-refractivity contribution in [1.82, 2.24) is 0 Å². The molecule has 84 valence electrons. The Bertz CT molecular complexity index is 439. The molecule has 0 amide bonds. The van der Waals surface area contributed by atoms with E-state index in [9.17, 15) is 10.1 Å². The van der Waals surface area contributed by atoms with Crippen LogP contribution in [0.3, 0.4) is 0 Å². The van der Waals surface area contributed by atoms with E-state index in [0.717, 1.165) is 5.56 Å². The third-order valence-corrected chi connectivity index (χ3v) is 2.62. The lowest BCUT2D eigenvalue weighted by molar-refractivity contribution is -0.384. The van der Waals surface area contributed by atoms with Crippen molar-refractivity contribution >= 4 is 11.6 Å². The Morgan fingerprint density at radius 2 is 1.94 bits per heavy atom. The topological polar surface area (TPSA) is 64.7 Å². The van der Waals surface area contributed by atoms with Gasteiger partial charge in [-0.15, -0.1) is 0 Å². The molecule has 16 heavy (non-hydrogen) atoms. The van der Waals surface area contributed by atoms with Gasteiger partial charge >= 0.3 is 0 Å². The summed E-state index contributed by atoms with van der Waals surface area (Å²) in [4.78, 5) is 14.4. The number of aliphatic imine (C=N–C) groups is 1. The lowest BCUT2D eigenvalue weighted by Crippen LogP contribution is -2.14. The fourth-order valence-electron chi connectivity index (χ4n) is 1.46.